The Kier molecular flexibility index (Phi) is 4.76. The smallest absolute Gasteiger partial charge is 0.347 e. The van der Waals surface area contributed by atoms with Crippen LogP contribution in [0.3, 0.4) is 0 Å². The highest BCUT2D eigenvalue weighted by Crippen LogP contribution is 2.32. The van der Waals surface area contributed by atoms with Crippen molar-refractivity contribution in [2.24, 2.45) is 0 Å². The van der Waals surface area contributed by atoms with E-state index < -0.39 is 6.10 Å². The molecule has 1 aromatic heterocycles. The Hall–Kier alpha value is -2.56. The predicted molar refractivity (Wildman–Crippen MR) is 84.4 cm³/mol. The molecule has 1 aliphatic heterocycles. The lowest BCUT2D eigenvalue weighted by Gasteiger charge is -2.25. The Balaban J connectivity index is 1.67. The number of pyridine rings is 1. The maximum atomic E-state index is 11.8. The van der Waals surface area contributed by atoms with Gasteiger partial charge in [-0.3, -0.25) is 4.98 Å². The summed E-state index contributed by atoms with van der Waals surface area (Å²) in [4.78, 5) is 16.0. The maximum absolute atomic E-state index is 11.8. The lowest BCUT2D eigenvalue weighted by molar-refractivity contribution is -0.152. The zero-order valence-electron chi connectivity index (χ0n) is 13.0. The van der Waals surface area contributed by atoms with Crippen molar-refractivity contribution in [1.82, 2.24) is 4.98 Å². The highest BCUT2D eigenvalue weighted by molar-refractivity contribution is 5.75. The number of aromatic nitrogens is 1. The Morgan fingerprint density at radius 1 is 1.35 bits per heavy atom. The molecule has 23 heavy (non-hydrogen) atoms. The van der Waals surface area contributed by atoms with Crippen molar-refractivity contribution in [3.8, 4) is 11.5 Å². The molecule has 0 saturated heterocycles. The summed E-state index contributed by atoms with van der Waals surface area (Å²) in [7, 11) is 0. The van der Waals surface area contributed by atoms with E-state index in [0.717, 1.165) is 17.7 Å². The summed E-state index contributed by atoms with van der Waals surface area (Å²) in [6.07, 6.45) is 2.63. The molecule has 0 amide bonds. The van der Waals surface area contributed by atoms with Gasteiger partial charge in [0.2, 0.25) is 0 Å². The Bertz CT molecular complexity index is 672. The molecule has 2 aromatic rings. The van der Waals surface area contributed by atoms with E-state index in [1.807, 2.05) is 36.4 Å². The Morgan fingerprint density at radius 2 is 2.26 bits per heavy atom. The summed E-state index contributed by atoms with van der Waals surface area (Å²) in [5.41, 5.74) is 1.94. The van der Waals surface area contributed by atoms with Crippen molar-refractivity contribution in [2.75, 3.05) is 6.61 Å². The zero-order chi connectivity index (χ0) is 16.1. The fourth-order valence-electron chi connectivity index (χ4n) is 2.48. The van der Waals surface area contributed by atoms with Gasteiger partial charge in [-0.1, -0.05) is 12.1 Å². The van der Waals surface area contributed by atoms with Gasteiger partial charge in [0.1, 0.15) is 18.1 Å². The molecule has 0 N–H and O–H groups in total. The average molecular weight is 313 g/mol. The van der Waals surface area contributed by atoms with Crippen LogP contribution >= 0.6 is 0 Å². The van der Waals surface area contributed by atoms with Gasteiger partial charge in [0.15, 0.2) is 6.10 Å². The summed E-state index contributed by atoms with van der Waals surface area (Å²) in [5.74, 6) is 1.07. The minimum absolute atomic E-state index is 0.307. The SMILES string of the molecule is CCOC(=O)C1CCc2ccc(OCc3ccccn3)cc2O1. The summed E-state index contributed by atoms with van der Waals surface area (Å²) < 4.78 is 16.5. The minimum atomic E-state index is -0.534. The van der Waals surface area contributed by atoms with Crippen LogP contribution in [0.25, 0.3) is 0 Å². The highest BCUT2D eigenvalue weighted by Gasteiger charge is 2.27. The zero-order valence-corrected chi connectivity index (χ0v) is 13.0. The van der Waals surface area contributed by atoms with Gasteiger partial charge in [0.25, 0.3) is 0 Å². The van der Waals surface area contributed by atoms with Crippen LogP contribution in [0.2, 0.25) is 0 Å². The third kappa shape index (κ3) is 3.80. The molecule has 1 unspecified atom stereocenters. The molecule has 0 bridgehead atoms. The molecule has 5 nitrogen and oxygen atoms in total. The first kappa shape index (κ1) is 15.3. The Morgan fingerprint density at radius 3 is 3.04 bits per heavy atom. The molecule has 0 spiro atoms. The van der Waals surface area contributed by atoms with Gasteiger partial charge in [-0.2, -0.15) is 0 Å². The number of benzene rings is 1. The van der Waals surface area contributed by atoms with E-state index in [0.29, 0.717) is 31.1 Å². The number of carbonyl (C=O) groups is 1. The first-order valence-electron chi connectivity index (χ1n) is 7.75. The normalized spacial score (nSPS) is 16.1. The number of rotatable bonds is 5. The van der Waals surface area contributed by atoms with Gasteiger partial charge in [-0.15, -0.1) is 0 Å². The van der Waals surface area contributed by atoms with Crippen molar-refractivity contribution in [2.45, 2.75) is 32.5 Å². The van der Waals surface area contributed by atoms with Crippen LogP contribution in [0.4, 0.5) is 0 Å². The van der Waals surface area contributed by atoms with Crippen LogP contribution in [0.15, 0.2) is 42.6 Å². The lowest BCUT2D eigenvalue weighted by atomic mass is 10.0. The van der Waals surface area contributed by atoms with E-state index in [1.54, 1.807) is 13.1 Å². The number of nitrogens with zero attached hydrogens (tertiary/aromatic N) is 1. The van der Waals surface area contributed by atoms with Crippen LogP contribution in [-0.2, 0) is 22.6 Å². The van der Waals surface area contributed by atoms with Crippen molar-refractivity contribution in [3.05, 3.63) is 53.9 Å². The fraction of sp³-hybridized carbons (Fsp3) is 0.333. The summed E-state index contributed by atoms with van der Waals surface area (Å²) in [6, 6.07) is 11.4. The second-order valence-corrected chi connectivity index (χ2v) is 5.28. The van der Waals surface area contributed by atoms with E-state index >= 15 is 0 Å². The van der Waals surface area contributed by atoms with Crippen molar-refractivity contribution < 1.29 is 19.0 Å². The predicted octanol–water partition coefficient (Wildman–Crippen LogP) is 2.92. The van der Waals surface area contributed by atoms with E-state index in [1.165, 1.54) is 0 Å². The molecule has 120 valence electrons. The van der Waals surface area contributed by atoms with Crippen LogP contribution in [0.5, 0.6) is 11.5 Å². The van der Waals surface area contributed by atoms with Gasteiger partial charge in [-0.05, 0) is 43.5 Å². The molecule has 0 saturated carbocycles. The monoisotopic (exact) mass is 313 g/mol. The summed E-state index contributed by atoms with van der Waals surface area (Å²) in [5, 5.41) is 0. The van der Waals surface area contributed by atoms with Gasteiger partial charge in [-0.25, -0.2) is 4.79 Å². The number of carbonyl (C=O) groups excluding carboxylic acids is 1. The molecule has 2 heterocycles. The van der Waals surface area contributed by atoms with Crippen LogP contribution in [0.1, 0.15) is 24.6 Å². The molecule has 1 aliphatic rings. The molecule has 0 radical (unpaired) electrons. The molecule has 3 rings (SSSR count). The summed E-state index contributed by atoms with van der Waals surface area (Å²) >= 11 is 0. The third-order valence-electron chi connectivity index (χ3n) is 3.65. The molecular weight excluding hydrogens is 294 g/mol. The molecule has 5 heteroatoms. The molecule has 0 fully saturated rings. The molecule has 0 aliphatic carbocycles. The fourth-order valence-corrected chi connectivity index (χ4v) is 2.48. The number of ether oxygens (including phenoxy) is 3. The quantitative estimate of drug-likeness (QED) is 0.794. The average Bonchev–Trinajstić information content (AvgIpc) is 2.60. The largest absolute Gasteiger partial charge is 0.487 e. The second kappa shape index (κ2) is 7.13. The lowest BCUT2D eigenvalue weighted by Crippen LogP contribution is -2.32. The minimum Gasteiger partial charge on any atom is -0.487 e. The topological polar surface area (TPSA) is 57.7 Å². The van der Waals surface area contributed by atoms with E-state index in [-0.39, 0.29) is 5.97 Å². The van der Waals surface area contributed by atoms with Gasteiger partial charge < -0.3 is 14.2 Å². The standard InChI is InChI=1S/C18H19NO4/c1-2-21-18(20)16-9-7-13-6-8-15(11-17(13)23-16)22-12-14-5-3-4-10-19-14/h3-6,8,10-11,16H,2,7,9,12H2,1H3. The number of hydrogen-bond donors (Lipinski definition) is 0. The van der Waals surface area contributed by atoms with Crippen LogP contribution in [0, 0.1) is 0 Å². The molecule has 1 aromatic carbocycles. The highest BCUT2D eigenvalue weighted by atomic mass is 16.6. The first-order valence-corrected chi connectivity index (χ1v) is 7.75. The van der Waals surface area contributed by atoms with Crippen molar-refractivity contribution in [1.29, 1.82) is 0 Å². The maximum Gasteiger partial charge on any atom is 0.347 e. The molecule has 1 atom stereocenters. The Labute approximate surface area is 135 Å². The van der Waals surface area contributed by atoms with Gasteiger partial charge >= 0.3 is 5.97 Å². The van der Waals surface area contributed by atoms with Crippen molar-refractivity contribution >= 4 is 5.97 Å². The van der Waals surface area contributed by atoms with E-state index in [2.05, 4.69) is 4.98 Å². The van der Waals surface area contributed by atoms with E-state index in [9.17, 15) is 4.79 Å². The number of aryl methyl sites for hydroxylation is 1. The third-order valence-corrected chi connectivity index (χ3v) is 3.65. The number of fused-ring (bicyclic) bond motifs is 1. The first-order chi connectivity index (χ1) is 11.3. The van der Waals surface area contributed by atoms with Crippen molar-refractivity contribution in [3.63, 3.8) is 0 Å². The summed E-state index contributed by atoms with van der Waals surface area (Å²) in [6.45, 7) is 2.54. The van der Waals surface area contributed by atoms with Crippen LogP contribution < -0.4 is 9.47 Å². The van der Waals surface area contributed by atoms with Crippen LogP contribution in [-0.4, -0.2) is 23.7 Å². The van der Waals surface area contributed by atoms with Gasteiger partial charge in [0, 0.05) is 12.3 Å². The number of hydrogen-bond acceptors (Lipinski definition) is 5. The van der Waals surface area contributed by atoms with Gasteiger partial charge in [0.05, 0.1) is 12.3 Å². The molecular formula is C18H19NO4. The number of esters is 1. The second-order valence-electron chi connectivity index (χ2n) is 5.28. The van der Waals surface area contributed by atoms with E-state index in [4.69, 9.17) is 14.2 Å².